The van der Waals surface area contributed by atoms with E-state index in [1.165, 1.54) is 10.0 Å². The van der Waals surface area contributed by atoms with Crippen LogP contribution >= 0.6 is 11.6 Å². The summed E-state index contributed by atoms with van der Waals surface area (Å²) >= 11 is 6.15. The van der Waals surface area contributed by atoms with Gasteiger partial charge in [-0.05, 0) is 0 Å². The van der Waals surface area contributed by atoms with Gasteiger partial charge in [-0.25, -0.2) is 0 Å². The molecule has 0 amide bonds. The second-order valence-corrected chi connectivity index (χ2v) is 8.58. The molecule has 1 atom stereocenters. The summed E-state index contributed by atoms with van der Waals surface area (Å²) in [5.74, 6) is 0.195. The van der Waals surface area contributed by atoms with E-state index in [9.17, 15) is 4.79 Å². The first kappa shape index (κ1) is 17.0. The summed E-state index contributed by atoms with van der Waals surface area (Å²) in [6, 6.07) is 27.8. The van der Waals surface area contributed by atoms with Crippen molar-refractivity contribution < 1.29 is 4.79 Å². The number of hydrogen-bond donors (Lipinski definition) is 0. The van der Waals surface area contributed by atoms with Crippen LogP contribution in [0.5, 0.6) is 0 Å². The van der Waals surface area contributed by atoms with E-state index < -0.39 is 0 Å². The third-order valence-electron chi connectivity index (χ3n) is 3.73. The van der Waals surface area contributed by atoms with Crippen LogP contribution < -0.4 is 4.46 Å². The van der Waals surface area contributed by atoms with Crippen molar-refractivity contribution in [1.82, 2.24) is 0 Å². The van der Waals surface area contributed by atoms with E-state index in [1.807, 2.05) is 60.7 Å². The van der Waals surface area contributed by atoms with Gasteiger partial charge in [-0.1, -0.05) is 0 Å². The van der Waals surface area contributed by atoms with Gasteiger partial charge in [0.05, 0.1) is 0 Å². The Morgan fingerprint density at radius 1 is 0.833 bits per heavy atom. The Bertz CT molecular complexity index is 785. The molecule has 1 unspecified atom stereocenters. The number of hydrogen-bond acceptors (Lipinski definition) is 1. The molecule has 3 aromatic rings. The molecule has 3 heteroatoms. The number of rotatable bonds is 6. The van der Waals surface area contributed by atoms with Crippen molar-refractivity contribution in [3.05, 3.63) is 101 Å². The quantitative estimate of drug-likeness (QED) is 0.434. The molecule has 0 aliphatic rings. The van der Waals surface area contributed by atoms with Crippen LogP contribution in [0.3, 0.4) is 0 Å². The topological polar surface area (TPSA) is 17.1 Å². The fourth-order valence-corrected chi connectivity index (χ4v) is 5.02. The minimum absolute atomic E-state index is 0.163. The molecule has 0 saturated heterocycles. The maximum atomic E-state index is 12.7. The van der Waals surface area contributed by atoms with Gasteiger partial charge in [-0.15, -0.1) is 0 Å². The fourth-order valence-electron chi connectivity index (χ4n) is 2.48. The van der Waals surface area contributed by atoms with E-state index in [2.05, 4.69) is 24.3 Å². The maximum absolute atomic E-state index is 12.7. The van der Waals surface area contributed by atoms with E-state index in [0.717, 1.165) is 10.6 Å². The molecule has 0 heterocycles. The second-order valence-electron chi connectivity index (χ2n) is 5.46. The predicted molar refractivity (Wildman–Crippen MR) is 101 cm³/mol. The van der Waals surface area contributed by atoms with Crippen LogP contribution in [-0.4, -0.2) is 20.7 Å². The van der Waals surface area contributed by atoms with E-state index in [0.29, 0.717) is 6.42 Å². The van der Waals surface area contributed by atoms with Gasteiger partial charge in [-0.2, -0.15) is 0 Å². The Labute approximate surface area is 153 Å². The Kier molecular flexibility index (Phi) is 5.87. The van der Waals surface area contributed by atoms with Crippen molar-refractivity contribution in [3.63, 3.8) is 0 Å². The van der Waals surface area contributed by atoms with Crippen molar-refractivity contribution >= 4 is 36.8 Å². The number of benzene rings is 3. The zero-order valence-corrected chi connectivity index (χ0v) is 15.5. The first-order valence-electron chi connectivity index (χ1n) is 7.78. The Morgan fingerprint density at radius 3 is 2.04 bits per heavy atom. The van der Waals surface area contributed by atoms with Crippen LogP contribution in [0.25, 0.3) is 0 Å². The van der Waals surface area contributed by atoms with Gasteiger partial charge in [-0.3, -0.25) is 0 Å². The molecule has 0 aliphatic carbocycles. The summed E-state index contributed by atoms with van der Waals surface area (Å²) < 4.78 is 1.25. The van der Waals surface area contributed by atoms with E-state index in [-0.39, 0.29) is 25.6 Å². The number of ketones is 1. The van der Waals surface area contributed by atoms with Crippen molar-refractivity contribution in [2.45, 2.75) is 11.2 Å². The fraction of sp³-hybridized carbons (Fsp3) is 0.0952. The molecule has 3 rings (SSSR count). The van der Waals surface area contributed by atoms with Crippen LogP contribution in [-0.2, 0) is 0 Å². The Morgan fingerprint density at radius 2 is 1.42 bits per heavy atom. The molecule has 0 bridgehead atoms. The molecule has 3 aromatic carbocycles. The van der Waals surface area contributed by atoms with Gasteiger partial charge in [0.1, 0.15) is 0 Å². The van der Waals surface area contributed by atoms with Crippen LogP contribution in [0, 0.1) is 0 Å². The molecule has 0 fully saturated rings. The van der Waals surface area contributed by atoms with Crippen LogP contribution in [0.1, 0.15) is 27.2 Å². The number of Topliss-reactive ketones (excluding diaryl/α,β-unsaturated/α-hetero) is 1. The van der Waals surface area contributed by atoms with E-state index in [4.69, 9.17) is 11.6 Å². The number of carbonyl (C=O) groups excluding carboxylic acids is 1. The molecule has 0 aliphatic heterocycles. The van der Waals surface area contributed by atoms with Gasteiger partial charge >= 0.3 is 154 Å². The number of halogens is 1. The molecular formula is C21H17ClOSe. The van der Waals surface area contributed by atoms with E-state index >= 15 is 0 Å². The summed E-state index contributed by atoms with van der Waals surface area (Å²) in [6.07, 6.45) is 0.524. The van der Waals surface area contributed by atoms with Crippen molar-refractivity contribution in [2.24, 2.45) is 0 Å². The first-order valence-corrected chi connectivity index (χ1v) is 10.00. The molecule has 0 spiro atoms. The normalized spacial score (nSPS) is 11.9. The third kappa shape index (κ3) is 4.58. The molecule has 24 heavy (non-hydrogen) atoms. The summed E-state index contributed by atoms with van der Waals surface area (Å²) in [5, 5.41) is 0.742. The summed E-state index contributed by atoms with van der Waals surface area (Å²) in [7, 11) is 0. The van der Waals surface area contributed by atoms with Crippen molar-refractivity contribution in [2.75, 3.05) is 0 Å². The van der Waals surface area contributed by atoms with Crippen molar-refractivity contribution in [3.8, 4) is 0 Å². The summed E-state index contributed by atoms with van der Waals surface area (Å²) in [5.41, 5.74) is 2.00. The van der Waals surface area contributed by atoms with Crippen molar-refractivity contribution in [1.29, 1.82) is 0 Å². The summed E-state index contributed by atoms with van der Waals surface area (Å²) in [4.78, 5) is 12.9. The molecule has 0 saturated carbocycles. The summed E-state index contributed by atoms with van der Waals surface area (Å²) in [6.45, 7) is 0. The minimum atomic E-state index is 0.163. The predicted octanol–water partition coefficient (Wildman–Crippen LogP) is 4.68. The third-order valence-corrected chi connectivity index (χ3v) is 6.64. The molecular weight excluding hydrogens is 383 g/mol. The number of carbonyl (C=O) groups is 1. The average molecular weight is 400 g/mol. The average Bonchev–Trinajstić information content (AvgIpc) is 2.64. The molecule has 1 nitrogen and oxygen atoms in total. The first-order chi connectivity index (χ1) is 11.7. The molecule has 0 aromatic heterocycles. The van der Waals surface area contributed by atoms with Crippen LogP contribution in [0.2, 0.25) is 5.02 Å². The SMILES string of the molecule is O=C(CC([Se]c1ccc(Cl)cc1)c1ccccc1)c1ccccc1. The van der Waals surface area contributed by atoms with Gasteiger partial charge in [0.2, 0.25) is 0 Å². The van der Waals surface area contributed by atoms with Gasteiger partial charge in [0.15, 0.2) is 0 Å². The zero-order valence-electron chi connectivity index (χ0n) is 13.1. The second kappa shape index (κ2) is 8.30. The Balaban J connectivity index is 1.82. The monoisotopic (exact) mass is 400 g/mol. The Hall–Kier alpha value is -1.86. The van der Waals surface area contributed by atoms with Gasteiger partial charge < -0.3 is 0 Å². The van der Waals surface area contributed by atoms with Crippen LogP contribution in [0.4, 0.5) is 0 Å². The zero-order chi connectivity index (χ0) is 16.8. The van der Waals surface area contributed by atoms with Crippen LogP contribution in [0.15, 0.2) is 84.9 Å². The standard InChI is InChI=1S/C21H17ClOSe/c22-18-11-13-19(14-12-18)24-21(17-9-5-2-6-10-17)15-20(23)16-7-3-1-4-8-16/h1-14,21H,15H2. The van der Waals surface area contributed by atoms with E-state index in [1.54, 1.807) is 0 Å². The van der Waals surface area contributed by atoms with Gasteiger partial charge in [0.25, 0.3) is 0 Å². The molecule has 0 N–H and O–H groups in total. The molecule has 0 radical (unpaired) electrons. The van der Waals surface area contributed by atoms with Gasteiger partial charge in [0, 0.05) is 0 Å². The molecule has 120 valence electrons.